The zero-order valence-electron chi connectivity index (χ0n) is 13.2. The zero-order valence-corrected chi connectivity index (χ0v) is 14.0. The molecule has 0 unspecified atom stereocenters. The summed E-state index contributed by atoms with van der Waals surface area (Å²) in [7, 11) is 0. The third-order valence-corrected chi connectivity index (χ3v) is 4.51. The van der Waals surface area contributed by atoms with Gasteiger partial charge in [0.05, 0.1) is 10.6 Å². The molecule has 0 fully saturated rings. The first kappa shape index (κ1) is 16.7. The van der Waals surface area contributed by atoms with Gasteiger partial charge in [-0.3, -0.25) is 14.9 Å². The topological polar surface area (TPSA) is 111 Å². The van der Waals surface area contributed by atoms with E-state index in [4.69, 9.17) is 0 Å². The second kappa shape index (κ2) is 7.14. The molecule has 0 aliphatic rings. The number of thiazole rings is 1. The number of carbonyl (C=O) groups excluding carboxylic acids is 1. The van der Waals surface area contributed by atoms with Crippen LogP contribution < -0.4 is 5.32 Å². The first-order valence-electron chi connectivity index (χ1n) is 7.31. The van der Waals surface area contributed by atoms with Crippen molar-refractivity contribution in [3.05, 3.63) is 69.0 Å². The summed E-state index contributed by atoms with van der Waals surface area (Å²) < 4.78 is 0. The lowest BCUT2D eigenvalue weighted by Gasteiger charge is -2.04. The van der Waals surface area contributed by atoms with Gasteiger partial charge in [0, 0.05) is 31.1 Å². The summed E-state index contributed by atoms with van der Waals surface area (Å²) in [5, 5.41) is 14.0. The Morgan fingerprint density at radius 3 is 2.56 bits per heavy atom. The van der Waals surface area contributed by atoms with E-state index < -0.39 is 4.92 Å². The number of carbonyl (C=O) groups is 1. The van der Waals surface area contributed by atoms with E-state index in [1.54, 1.807) is 37.5 Å². The first-order chi connectivity index (χ1) is 12.0. The minimum absolute atomic E-state index is 0.0147. The van der Waals surface area contributed by atoms with Crippen molar-refractivity contribution in [1.29, 1.82) is 0 Å². The van der Waals surface area contributed by atoms with Gasteiger partial charge in [0.25, 0.3) is 11.6 Å². The molecule has 2 aromatic heterocycles. The van der Waals surface area contributed by atoms with E-state index in [2.05, 4.69) is 20.3 Å². The van der Waals surface area contributed by atoms with Gasteiger partial charge in [-0.05, 0) is 18.6 Å². The first-order valence-corrected chi connectivity index (χ1v) is 8.12. The number of nitro benzene ring substituents is 1. The number of aryl methyl sites for hydroxylation is 1. The molecule has 0 saturated heterocycles. The van der Waals surface area contributed by atoms with Gasteiger partial charge in [-0.15, -0.1) is 11.3 Å². The Bertz CT molecular complexity index is 909. The minimum Gasteiger partial charge on any atom is -0.347 e. The molecule has 0 bridgehead atoms. The molecule has 0 saturated carbocycles. The van der Waals surface area contributed by atoms with Crippen molar-refractivity contribution in [3.63, 3.8) is 0 Å². The van der Waals surface area contributed by atoms with Crippen LogP contribution in [0.1, 0.15) is 20.9 Å². The van der Waals surface area contributed by atoms with Crippen molar-refractivity contribution < 1.29 is 9.72 Å². The number of benzene rings is 1. The molecule has 25 heavy (non-hydrogen) atoms. The van der Waals surface area contributed by atoms with Crippen molar-refractivity contribution in [3.8, 4) is 10.8 Å². The van der Waals surface area contributed by atoms with Gasteiger partial charge < -0.3 is 5.32 Å². The number of hydrogen-bond donors (Lipinski definition) is 1. The fourth-order valence-corrected chi connectivity index (χ4v) is 3.04. The lowest BCUT2D eigenvalue weighted by molar-refractivity contribution is -0.384. The molecule has 0 aliphatic carbocycles. The van der Waals surface area contributed by atoms with E-state index in [0.29, 0.717) is 21.4 Å². The van der Waals surface area contributed by atoms with Crippen LogP contribution in [-0.4, -0.2) is 25.8 Å². The molecule has 126 valence electrons. The summed E-state index contributed by atoms with van der Waals surface area (Å²) in [6.07, 6.45) is 3.24. The number of amides is 1. The number of nitrogens with zero attached hydrogens (tertiary/aromatic N) is 4. The second-order valence-corrected chi connectivity index (χ2v) is 6.11. The van der Waals surface area contributed by atoms with E-state index in [1.165, 1.54) is 23.5 Å². The second-order valence-electron chi connectivity index (χ2n) is 5.11. The van der Waals surface area contributed by atoms with E-state index in [1.807, 2.05) is 0 Å². The van der Waals surface area contributed by atoms with E-state index in [0.717, 1.165) is 5.56 Å². The van der Waals surface area contributed by atoms with Gasteiger partial charge in [-0.2, -0.15) is 0 Å². The SMILES string of the molecule is Cc1nc(-c2ncccn2)sc1C(=O)NCc1ccc([N+](=O)[O-])cc1. The number of non-ortho nitro benzene ring substituents is 1. The minimum atomic E-state index is -0.462. The largest absolute Gasteiger partial charge is 0.347 e. The quantitative estimate of drug-likeness (QED) is 0.556. The third-order valence-electron chi connectivity index (χ3n) is 3.36. The lowest BCUT2D eigenvalue weighted by Crippen LogP contribution is -2.22. The van der Waals surface area contributed by atoms with Crippen LogP contribution in [0, 0.1) is 17.0 Å². The third kappa shape index (κ3) is 3.83. The van der Waals surface area contributed by atoms with E-state index in [9.17, 15) is 14.9 Å². The van der Waals surface area contributed by atoms with Crippen LogP contribution in [0.25, 0.3) is 10.8 Å². The Balaban J connectivity index is 1.69. The maximum atomic E-state index is 12.4. The number of nitro groups is 1. The highest BCUT2D eigenvalue weighted by Gasteiger charge is 2.17. The number of nitrogens with one attached hydrogen (secondary N) is 1. The van der Waals surface area contributed by atoms with Crippen LogP contribution in [0.15, 0.2) is 42.7 Å². The Labute approximate surface area is 146 Å². The van der Waals surface area contributed by atoms with Gasteiger partial charge in [0.15, 0.2) is 10.8 Å². The fourth-order valence-electron chi connectivity index (χ4n) is 2.11. The lowest BCUT2D eigenvalue weighted by atomic mass is 10.2. The van der Waals surface area contributed by atoms with Crippen LogP contribution in [0.5, 0.6) is 0 Å². The predicted octanol–water partition coefficient (Wildman–Crippen LogP) is 2.75. The van der Waals surface area contributed by atoms with Crippen molar-refractivity contribution in [2.24, 2.45) is 0 Å². The van der Waals surface area contributed by atoms with Gasteiger partial charge in [-0.1, -0.05) is 12.1 Å². The summed E-state index contributed by atoms with van der Waals surface area (Å²) in [6, 6.07) is 7.75. The molecule has 1 N–H and O–H groups in total. The van der Waals surface area contributed by atoms with Crippen molar-refractivity contribution in [1.82, 2.24) is 20.3 Å². The monoisotopic (exact) mass is 355 g/mol. The molecular formula is C16H13N5O3S. The molecule has 2 heterocycles. The molecule has 3 aromatic rings. The van der Waals surface area contributed by atoms with Crippen LogP contribution in [-0.2, 0) is 6.54 Å². The van der Waals surface area contributed by atoms with E-state index in [-0.39, 0.29) is 18.1 Å². The average Bonchev–Trinajstić information content (AvgIpc) is 3.02. The Morgan fingerprint density at radius 2 is 1.92 bits per heavy atom. The maximum absolute atomic E-state index is 12.4. The highest BCUT2D eigenvalue weighted by molar-refractivity contribution is 7.17. The summed E-state index contributed by atoms with van der Waals surface area (Å²) in [6.45, 7) is 2.02. The molecule has 8 nitrogen and oxygen atoms in total. The zero-order chi connectivity index (χ0) is 17.8. The Morgan fingerprint density at radius 1 is 1.24 bits per heavy atom. The predicted molar refractivity (Wildman–Crippen MR) is 92.1 cm³/mol. The molecule has 1 amide bonds. The van der Waals surface area contributed by atoms with Gasteiger partial charge in [0.1, 0.15) is 4.88 Å². The summed E-state index contributed by atoms with van der Waals surface area (Å²) in [4.78, 5) is 35.6. The maximum Gasteiger partial charge on any atom is 0.269 e. The Kier molecular flexibility index (Phi) is 4.75. The van der Waals surface area contributed by atoms with Gasteiger partial charge in [0.2, 0.25) is 0 Å². The molecule has 0 radical (unpaired) electrons. The standard InChI is InChI=1S/C16H13N5O3S/c1-10-13(25-16(20-10)14-17-7-2-8-18-14)15(22)19-9-11-3-5-12(6-4-11)21(23)24/h2-8H,9H2,1H3,(H,19,22). The number of aromatic nitrogens is 3. The Hall–Kier alpha value is -3.20. The number of rotatable bonds is 5. The highest BCUT2D eigenvalue weighted by Crippen LogP contribution is 2.25. The van der Waals surface area contributed by atoms with Crippen molar-refractivity contribution in [2.75, 3.05) is 0 Å². The summed E-state index contributed by atoms with van der Waals surface area (Å²) in [5.74, 6) is 0.223. The fraction of sp³-hybridized carbons (Fsp3) is 0.125. The van der Waals surface area contributed by atoms with E-state index >= 15 is 0 Å². The molecule has 0 spiro atoms. The molecular weight excluding hydrogens is 342 g/mol. The number of hydrogen-bond acceptors (Lipinski definition) is 7. The normalized spacial score (nSPS) is 10.4. The smallest absolute Gasteiger partial charge is 0.269 e. The van der Waals surface area contributed by atoms with Crippen molar-refractivity contribution in [2.45, 2.75) is 13.5 Å². The van der Waals surface area contributed by atoms with Crippen LogP contribution in [0.4, 0.5) is 5.69 Å². The van der Waals surface area contributed by atoms with Crippen LogP contribution in [0.2, 0.25) is 0 Å². The summed E-state index contributed by atoms with van der Waals surface area (Å²) >= 11 is 1.22. The molecule has 0 aliphatic heterocycles. The van der Waals surface area contributed by atoms with Crippen LogP contribution >= 0.6 is 11.3 Å². The average molecular weight is 355 g/mol. The molecule has 1 aromatic carbocycles. The molecule has 3 rings (SSSR count). The van der Waals surface area contributed by atoms with Gasteiger partial charge >= 0.3 is 0 Å². The van der Waals surface area contributed by atoms with Gasteiger partial charge in [-0.25, -0.2) is 15.0 Å². The van der Waals surface area contributed by atoms with Crippen LogP contribution in [0.3, 0.4) is 0 Å². The molecule has 9 heteroatoms. The molecule has 0 atom stereocenters. The highest BCUT2D eigenvalue weighted by atomic mass is 32.1. The van der Waals surface area contributed by atoms with Crippen molar-refractivity contribution >= 4 is 22.9 Å². The summed E-state index contributed by atoms with van der Waals surface area (Å²) in [5.41, 5.74) is 1.39.